The molecule has 0 spiro atoms. The van der Waals surface area contributed by atoms with E-state index >= 15 is 0 Å². The first-order chi connectivity index (χ1) is 12.6. The zero-order valence-electron chi connectivity index (χ0n) is 18.6. The van der Waals surface area contributed by atoms with E-state index in [9.17, 15) is 0 Å². The van der Waals surface area contributed by atoms with Crippen LogP contribution in [0.5, 0.6) is 0 Å². The zero-order valence-corrected chi connectivity index (χ0v) is 18.6. The van der Waals surface area contributed by atoms with Gasteiger partial charge in [-0.2, -0.15) is 0 Å². The van der Waals surface area contributed by atoms with Gasteiger partial charge in [-0.3, -0.25) is 0 Å². The molecule has 3 aliphatic rings. The van der Waals surface area contributed by atoms with Crippen LogP contribution in [-0.2, 0) is 18.3 Å². The molecule has 27 heavy (non-hydrogen) atoms. The normalized spacial score (nSPS) is 26.7. The van der Waals surface area contributed by atoms with Crippen LogP contribution in [0.2, 0.25) is 0 Å². The average Bonchev–Trinajstić information content (AvgIpc) is 3.11. The van der Waals surface area contributed by atoms with Crippen molar-refractivity contribution in [2.24, 2.45) is 10.8 Å². The Morgan fingerprint density at radius 1 is 0.852 bits per heavy atom. The highest BCUT2D eigenvalue weighted by Gasteiger charge is 2.60. The maximum absolute atomic E-state index is 2.59. The van der Waals surface area contributed by atoms with E-state index in [1.54, 1.807) is 27.8 Å². The van der Waals surface area contributed by atoms with Crippen LogP contribution in [-0.4, -0.2) is 0 Å². The van der Waals surface area contributed by atoms with Crippen molar-refractivity contribution >= 4 is 6.08 Å². The molecule has 0 heterocycles. The lowest BCUT2D eigenvalue weighted by Gasteiger charge is -2.55. The molecule has 1 atom stereocenters. The summed E-state index contributed by atoms with van der Waals surface area (Å²) in [4.78, 5) is 0. The summed E-state index contributed by atoms with van der Waals surface area (Å²) >= 11 is 0. The van der Waals surface area contributed by atoms with Crippen LogP contribution >= 0.6 is 0 Å². The van der Waals surface area contributed by atoms with E-state index < -0.39 is 0 Å². The minimum atomic E-state index is 0.00516. The fraction of sp³-hybridized carbons (Fsp3) is 0.556. The first kappa shape index (κ1) is 18.8. The Bertz CT molecular complexity index is 886. The minimum absolute atomic E-state index is 0.00516. The molecule has 0 amide bonds. The summed E-state index contributed by atoms with van der Waals surface area (Å²) in [5.41, 5.74) is 12.7. The molecule has 0 N–H and O–H groups in total. The summed E-state index contributed by atoms with van der Waals surface area (Å²) in [6.45, 7) is 19.4. The third-order valence-electron chi connectivity index (χ3n) is 8.63. The van der Waals surface area contributed by atoms with Gasteiger partial charge in [0.15, 0.2) is 0 Å². The van der Waals surface area contributed by atoms with E-state index in [0.29, 0.717) is 0 Å². The SMILES string of the molecule is CC1=C(C)C(C)(C2(C(C)(C)C)C=Cc3ccc4c(c32)CCCC4)C(C)=C1C. The molecule has 0 nitrogen and oxygen atoms in total. The standard InChI is InChI=1S/C27H36/c1-17-18(2)20(4)26(8,19(17)3)27(25(5,6)7)16-15-22-14-13-21-11-9-10-12-23(21)24(22)27/h13-16H,9-12H2,1-8H3. The number of hydrogen-bond acceptors (Lipinski definition) is 0. The summed E-state index contributed by atoms with van der Waals surface area (Å²) in [6.07, 6.45) is 10.2. The molecule has 0 aliphatic heterocycles. The fourth-order valence-electron chi connectivity index (χ4n) is 6.73. The largest absolute Gasteiger partial charge is 0.0716 e. The Morgan fingerprint density at radius 3 is 2.04 bits per heavy atom. The van der Waals surface area contributed by atoms with Crippen LogP contribution in [0.25, 0.3) is 6.08 Å². The molecule has 0 saturated carbocycles. The first-order valence-electron chi connectivity index (χ1n) is 10.8. The van der Waals surface area contributed by atoms with Crippen LogP contribution in [0.15, 0.2) is 40.5 Å². The van der Waals surface area contributed by atoms with Crippen molar-refractivity contribution in [2.45, 2.75) is 86.5 Å². The van der Waals surface area contributed by atoms with Gasteiger partial charge in [-0.15, -0.1) is 0 Å². The summed E-state index contributed by atoms with van der Waals surface area (Å²) in [5.74, 6) is 0. The lowest BCUT2D eigenvalue weighted by atomic mass is 9.47. The lowest BCUT2D eigenvalue weighted by molar-refractivity contribution is 0.129. The molecule has 144 valence electrons. The summed E-state index contributed by atoms with van der Waals surface area (Å²) in [7, 11) is 0. The van der Waals surface area contributed by atoms with E-state index in [4.69, 9.17) is 0 Å². The van der Waals surface area contributed by atoms with Gasteiger partial charge < -0.3 is 0 Å². The van der Waals surface area contributed by atoms with Crippen molar-refractivity contribution < 1.29 is 0 Å². The molecule has 0 saturated heterocycles. The monoisotopic (exact) mass is 360 g/mol. The Hall–Kier alpha value is -1.56. The van der Waals surface area contributed by atoms with Crippen molar-refractivity contribution in [1.82, 2.24) is 0 Å². The third kappa shape index (κ3) is 2.11. The van der Waals surface area contributed by atoms with Crippen molar-refractivity contribution in [3.8, 4) is 0 Å². The Labute approximate surface area is 166 Å². The molecule has 3 aliphatic carbocycles. The topological polar surface area (TPSA) is 0 Å². The molecular weight excluding hydrogens is 324 g/mol. The van der Waals surface area contributed by atoms with E-state index in [1.165, 1.54) is 42.4 Å². The van der Waals surface area contributed by atoms with E-state index in [2.05, 4.69) is 79.7 Å². The third-order valence-corrected chi connectivity index (χ3v) is 8.63. The van der Waals surface area contributed by atoms with Crippen LogP contribution in [0.3, 0.4) is 0 Å². The Kier molecular flexibility index (Phi) is 3.98. The number of aryl methyl sites for hydroxylation is 1. The molecule has 0 radical (unpaired) electrons. The summed E-state index contributed by atoms with van der Waals surface area (Å²) < 4.78 is 0. The summed E-state index contributed by atoms with van der Waals surface area (Å²) in [6, 6.07) is 4.81. The predicted molar refractivity (Wildman–Crippen MR) is 118 cm³/mol. The molecule has 4 rings (SSSR count). The van der Waals surface area contributed by atoms with Gasteiger partial charge in [0.2, 0.25) is 0 Å². The van der Waals surface area contributed by atoms with Gasteiger partial charge in [0, 0.05) is 10.8 Å². The zero-order chi connectivity index (χ0) is 19.8. The number of rotatable bonds is 1. The molecule has 0 bridgehead atoms. The van der Waals surface area contributed by atoms with E-state index in [1.807, 2.05) is 0 Å². The molecular formula is C27H36. The van der Waals surface area contributed by atoms with Crippen molar-refractivity contribution in [3.63, 3.8) is 0 Å². The highest BCUT2D eigenvalue weighted by Crippen LogP contribution is 2.67. The highest BCUT2D eigenvalue weighted by atomic mass is 14.6. The Balaban J connectivity index is 2.11. The van der Waals surface area contributed by atoms with Crippen molar-refractivity contribution in [1.29, 1.82) is 0 Å². The average molecular weight is 361 g/mol. The molecule has 1 aromatic rings. The van der Waals surface area contributed by atoms with Crippen LogP contribution in [0, 0.1) is 10.8 Å². The predicted octanol–water partition coefficient (Wildman–Crippen LogP) is 7.57. The smallest absolute Gasteiger partial charge is 0.0321 e. The first-order valence-corrected chi connectivity index (χ1v) is 10.8. The van der Waals surface area contributed by atoms with Crippen LogP contribution in [0.4, 0.5) is 0 Å². The van der Waals surface area contributed by atoms with E-state index in [-0.39, 0.29) is 16.2 Å². The lowest BCUT2D eigenvalue weighted by Crippen LogP contribution is -2.52. The molecule has 1 aromatic carbocycles. The quantitative estimate of drug-likeness (QED) is 0.484. The number of fused-ring (bicyclic) bond motifs is 3. The van der Waals surface area contributed by atoms with Gasteiger partial charge in [0.1, 0.15) is 0 Å². The second kappa shape index (κ2) is 5.72. The van der Waals surface area contributed by atoms with Gasteiger partial charge in [-0.1, -0.05) is 63.1 Å². The van der Waals surface area contributed by atoms with Crippen LogP contribution < -0.4 is 0 Å². The Morgan fingerprint density at radius 2 is 1.44 bits per heavy atom. The molecule has 1 unspecified atom stereocenters. The maximum Gasteiger partial charge on any atom is 0.0321 e. The van der Waals surface area contributed by atoms with Gasteiger partial charge in [-0.25, -0.2) is 0 Å². The van der Waals surface area contributed by atoms with Gasteiger partial charge in [0.05, 0.1) is 0 Å². The second-order valence-electron chi connectivity index (χ2n) is 10.4. The molecule has 0 fully saturated rings. The number of allylic oxidation sites excluding steroid dienone is 5. The minimum Gasteiger partial charge on any atom is -0.0716 e. The molecule has 0 heteroatoms. The number of hydrogen-bond donors (Lipinski definition) is 0. The van der Waals surface area contributed by atoms with Crippen molar-refractivity contribution in [3.05, 3.63) is 62.8 Å². The highest BCUT2D eigenvalue weighted by molar-refractivity contribution is 5.73. The number of benzene rings is 1. The van der Waals surface area contributed by atoms with Crippen LogP contribution in [0.1, 0.15) is 90.5 Å². The second-order valence-corrected chi connectivity index (χ2v) is 10.4. The fourth-order valence-corrected chi connectivity index (χ4v) is 6.73. The molecule has 0 aromatic heterocycles. The van der Waals surface area contributed by atoms with E-state index in [0.717, 1.165) is 0 Å². The maximum atomic E-state index is 2.59. The van der Waals surface area contributed by atoms with Gasteiger partial charge >= 0.3 is 0 Å². The summed E-state index contributed by atoms with van der Waals surface area (Å²) in [5, 5.41) is 0. The van der Waals surface area contributed by atoms with Gasteiger partial charge in [0.25, 0.3) is 0 Å². The van der Waals surface area contributed by atoms with Crippen molar-refractivity contribution in [2.75, 3.05) is 0 Å². The van der Waals surface area contributed by atoms with Gasteiger partial charge in [-0.05, 0) is 92.2 Å².